The van der Waals surface area contributed by atoms with Crippen LogP contribution in [0, 0.1) is 0 Å². The summed E-state index contributed by atoms with van der Waals surface area (Å²) >= 11 is 0. The third-order valence-electron chi connectivity index (χ3n) is 7.82. The minimum absolute atomic E-state index is 0.0951. The van der Waals surface area contributed by atoms with Gasteiger partial charge >= 0.3 is 12.1 Å². The van der Waals surface area contributed by atoms with E-state index < -0.39 is 55.9 Å². The lowest BCUT2D eigenvalue weighted by molar-refractivity contribution is -0.298. The van der Waals surface area contributed by atoms with E-state index in [1.165, 1.54) is 63.9 Å². The van der Waals surface area contributed by atoms with Gasteiger partial charge in [0.1, 0.15) is 31.0 Å². The molecule has 44 heavy (non-hydrogen) atoms. The van der Waals surface area contributed by atoms with Crippen LogP contribution in [0.2, 0.25) is 0 Å². The maximum absolute atomic E-state index is 12.8. The highest BCUT2D eigenvalue weighted by atomic mass is 16.7. The standard InChI is InChI=1S/C34H60O10/c1-4-7-9-11-13-15-16-18-20-22-27(36)25-29(37)43-32-31(40-24-21-19-17-14-12-10-8-5-2)30(28(26-35)42-33(32)38)44-34(39)41-23-6-3/h6,28,30-33,35,38H,3-5,7-26H2,1-2H3/t28-,30-,31+,32-,33?/m1/s1. The van der Waals surface area contributed by atoms with E-state index in [4.69, 9.17) is 23.7 Å². The highest BCUT2D eigenvalue weighted by Gasteiger charge is 2.50. The van der Waals surface area contributed by atoms with Gasteiger partial charge < -0.3 is 33.9 Å². The van der Waals surface area contributed by atoms with Crippen LogP contribution in [0.5, 0.6) is 0 Å². The Morgan fingerprint density at radius 3 is 1.84 bits per heavy atom. The molecule has 1 aliphatic heterocycles. The van der Waals surface area contributed by atoms with Gasteiger partial charge in [-0.05, 0) is 12.8 Å². The number of aliphatic hydroxyl groups excluding tert-OH is 2. The molecule has 1 heterocycles. The second-order valence-corrected chi connectivity index (χ2v) is 11.7. The molecule has 1 rings (SSSR count). The third kappa shape index (κ3) is 18.1. The van der Waals surface area contributed by atoms with E-state index >= 15 is 0 Å². The predicted octanol–water partition coefficient (Wildman–Crippen LogP) is 6.72. The molecule has 10 heteroatoms. The summed E-state index contributed by atoms with van der Waals surface area (Å²) in [6, 6.07) is 0. The van der Waals surface area contributed by atoms with Crippen LogP contribution < -0.4 is 0 Å². The fraction of sp³-hybridized carbons (Fsp3) is 0.853. The lowest BCUT2D eigenvalue weighted by atomic mass is 9.98. The van der Waals surface area contributed by atoms with E-state index in [1.54, 1.807) is 0 Å². The zero-order valence-electron chi connectivity index (χ0n) is 27.4. The first kappa shape index (κ1) is 40.0. The molecule has 0 aliphatic carbocycles. The Kier molecular flexibility index (Phi) is 23.9. The molecule has 0 spiro atoms. The lowest BCUT2D eigenvalue weighted by Crippen LogP contribution is -2.62. The van der Waals surface area contributed by atoms with Crippen molar-refractivity contribution < 1.29 is 48.3 Å². The second kappa shape index (κ2) is 26.2. The van der Waals surface area contributed by atoms with Crippen molar-refractivity contribution in [3.63, 3.8) is 0 Å². The smallest absolute Gasteiger partial charge is 0.454 e. The number of aliphatic hydroxyl groups is 2. The number of carbonyl (C=O) groups is 3. The van der Waals surface area contributed by atoms with Crippen LogP contribution in [0.1, 0.15) is 136 Å². The number of unbranched alkanes of at least 4 members (excludes halogenated alkanes) is 15. The van der Waals surface area contributed by atoms with Crippen molar-refractivity contribution in [3.8, 4) is 0 Å². The van der Waals surface area contributed by atoms with Crippen LogP contribution in [0.25, 0.3) is 0 Å². The molecule has 0 aromatic carbocycles. The van der Waals surface area contributed by atoms with Crippen molar-refractivity contribution in [2.75, 3.05) is 19.8 Å². The molecule has 0 bridgehead atoms. The van der Waals surface area contributed by atoms with Gasteiger partial charge in [0.15, 0.2) is 18.5 Å². The van der Waals surface area contributed by atoms with Crippen molar-refractivity contribution >= 4 is 17.9 Å². The van der Waals surface area contributed by atoms with Crippen LogP contribution in [0.15, 0.2) is 12.7 Å². The number of Topliss-reactive ketones (excluding diaryl/α,β-unsaturated/α-hetero) is 1. The van der Waals surface area contributed by atoms with Crippen LogP contribution >= 0.6 is 0 Å². The predicted molar refractivity (Wildman–Crippen MR) is 168 cm³/mol. The van der Waals surface area contributed by atoms with Gasteiger partial charge in [-0.25, -0.2) is 4.79 Å². The number of ketones is 1. The zero-order valence-corrected chi connectivity index (χ0v) is 27.4. The molecule has 0 aromatic rings. The Morgan fingerprint density at radius 1 is 0.750 bits per heavy atom. The normalized spacial score (nSPS) is 21.5. The van der Waals surface area contributed by atoms with E-state index in [9.17, 15) is 24.6 Å². The topological polar surface area (TPSA) is 138 Å². The van der Waals surface area contributed by atoms with E-state index in [0.29, 0.717) is 12.8 Å². The zero-order chi connectivity index (χ0) is 32.4. The second-order valence-electron chi connectivity index (χ2n) is 11.7. The highest BCUT2D eigenvalue weighted by Crippen LogP contribution is 2.28. The number of ether oxygens (including phenoxy) is 5. The molecule has 0 amide bonds. The summed E-state index contributed by atoms with van der Waals surface area (Å²) in [6.07, 6.45) is 12.4. The molecule has 0 saturated carbocycles. The molecule has 2 N–H and O–H groups in total. The molecule has 10 nitrogen and oxygen atoms in total. The summed E-state index contributed by atoms with van der Waals surface area (Å²) in [6.45, 7) is 7.44. The van der Waals surface area contributed by atoms with E-state index in [-0.39, 0.29) is 25.4 Å². The fourth-order valence-corrected chi connectivity index (χ4v) is 5.30. The van der Waals surface area contributed by atoms with E-state index in [0.717, 1.165) is 38.5 Å². The van der Waals surface area contributed by atoms with Gasteiger partial charge in [-0.2, -0.15) is 0 Å². The largest absolute Gasteiger partial charge is 0.509 e. The van der Waals surface area contributed by atoms with Gasteiger partial charge in [0.25, 0.3) is 0 Å². The lowest BCUT2D eigenvalue weighted by Gasteiger charge is -2.42. The molecule has 1 unspecified atom stereocenters. The van der Waals surface area contributed by atoms with Crippen molar-refractivity contribution in [2.45, 2.75) is 167 Å². The van der Waals surface area contributed by atoms with Crippen molar-refractivity contribution in [2.24, 2.45) is 0 Å². The molecular formula is C34H60O10. The molecule has 5 atom stereocenters. The summed E-state index contributed by atoms with van der Waals surface area (Å²) in [7, 11) is 0. The van der Waals surface area contributed by atoms with Gasteiger partial charge in [0.2, 0.25) is 0 Å². The maximum Gasteiger partial charge on any atom is 0.509 e. The van der Waals surface area contributed by atoms with Crippen molar-refractivity contribution in [1.29, 1.82) is 0 Å². The number of esters is 1. The van der Waals surface area contributed by atoms with Crippen molar-refractivity contribution in [3.05, 3.63) is 12.7 Å². The molecular weight excluding hydrogens is 568 g/mol. The number of hydrogen-bond acceptors (Lipinski definition) is 10. The Balaban J connectivity index is 2.69. The summed E-state index contributed by atoms with van der Waals surface area (Å²) in [5, 5.41) is 20.6. The summed E-state index contributed by atoms with van der Waals surface area (Å²) in [5.41, 5.74) is 0. The van der Waals surface area contributed by atoms with E-state index in [2.05, 4.69) is 20.4 Å². The number of carbonyl (C=O) groups excluding carboxylic acids is 3. The third-order valence-corrected chi connectivity index (χ3v) is 7.82. The van der Waals surface area contributed by atoms with E-state index in [1.807, 2.05) is 0 Å². The summed E-state index contributed by atoms with van der Waals surface area (Å²) < 4.78 is 27.3. The van der Waals surface area contributed by atoms with Crippen molar-refractivity contribution in [1.82, 2.24) is 0 Å². The van der Waals surface area contributed by atoms with Gasteiger partial charge in [-0.15, -0.1) is 0 Å². The van der Waals surface area contributed by atoms with Crippen LogP contribution in [-0.2, 0) is 33.3 Å². The highest BCUT2D eigenvalue weighted by molar-refractivity contribution is 5.95. The minimum atomic E-state index is -1.66. The van der Waals surface area contributed by atoms with Gasteiger partial charge in [-0.1, -0.05) is 123 Å². The Bertz CT molecular complexity index is 773. The monoisotopic (exact) mass is 628 g/mol. The minimum Gasteiger partial charge on any atom is -0.454 e. The fourth-order valence-electron chi connectivity index (χ4n) is 5.30. The molecule has 0 aromatic heterocycles. The first-order valence-corrected chi connectivity index (χ1v) is 17.1. The molecule has 1 fully saturated rings. The molecule has 1 aliphatic rings. The molecule has 1 saturated heterocycles. The Morgan fingerprint density at radius 2 is 1.30 bits per heavy atom. The summed E-state index contributed by atoms with van der Waals surface area (Å²) in [5.74, 6) is -1.07. The summed E-state index contributed by atoms with van der Waals surface area (Å²) in [4.78, 5) is 37.5. The quantitative estimate of drug-likeness (QED) is 0.0436. The molecule has 256 valence electrons. The van der Waals surface area contributed by atoms with Crippen LogP contribution in [0.3, 0.4) is 0 Å². The Hall–Kier alpha value is -2.01. The van der Waals surface area contributed by atoms with Gasteiger partial charge in [-0.3, -0.25) is 9.59 Å². The number of rotatable bonds is 27. The van der Waals surface area contributed by atoms with Crippen LogP contribution in [0.4, 0.5) is 4.79 Å². The van der Waals surface area contributed by atoms with Gasteiger partial charge in [0.05, 0.1) is 6.61 Å². The first-order chi connectivity index (χ1) is 21.4. The molecule has 0 radical (unpaired) electrons. The first-order valence-electron chi connectivity index (χ1n) is 17.1. The number of hydrogen-bond donors (Lipinski definition) is 2. The Labute approximate surface area is 265 Å². The van der Waals surface area contributed by atoms with Crippen LogP contribution in [-0.4, -0.2) is 78.6 Å². The average molecular weight is 629 g/mol. The average Bonchev–Trinajstić information content (AvgIpc) is 3.00. The van der Waals surface area contributed by atoms with Gasteiger partial charge in [0, 0.05) is 13.0 Å². The SMILES string of the molecule is C=CCOC(=O)O[C@H]1[C@H](OCCCCCCCCCC)[C@@H](OC(=O)CC(=O)CCCCCCCCCCC)C(O)O[C@@H]1CO. The maximum atomic E-state index is 12.8.